The van der Waals surface area contributed by atoms with Gasteiger partial charge in [-0.1, -0.05) is 6.92 Å². The third-order valence-electron chi connectivity index (χ3n) is 1.84. The minimum Gasteiger partial charge on any atom is -0.481 e. The van der Waals surface area contributed by atoms with Crippen molar-refractivity contribution in [3.8, 4) is 0 Å². The Morgan fingerprint density at radius 2 is 2.12 bits per heavy atom. The normalized spacial score (nSPS) is 12.1. The maximum atomic E-state index is 11.2. The molecule has 0 aromatic rings. The first-order chi connectivity index (χ1) is 7.57. The molecule has 0 bridgehead atoms. The Bertz CT molecular complexity index is 221. The van der Waals surface area contributed by atoms with E-state index >= 15 is 0 Å². The van der Waals surface area contributed by atoms with Gasteiger partial charge in [-0.2, -0.15) is 0 Å². The predicted molar refractivity (Wildman–Crippen MR) is 59.0 cm³/mol. The number of carboxylic acids is 1. The van der Waals surface area contributed by atoms with Crippen molar-refractivity contribution in [3.63, 3.8) is 0 Å². The van der Waals surface area contributed by atoms with Crippen LogP contribution in [0.1, 0.15) is 26.2 Å². The van der Waals surface area contributed by atoms with Gasteiger partial charge in [0.1, 0.15) is 0 Å². The molecule has 0 aliphatic rings. The quantitative estimate of drug-likeness (QED) is 0.475. The lowest BCUT2D eigenvalue weighted by molar-refractivity contribution is -0.139. The number of hydrogen-bond acceptors (Lipinski definition) is 4. The van der Waals surface area contributed by atoms with Crippen LogP contribution in [0.5, 0.6) is 0 Å². The van der Waals surface area contributed by atoms with E-state index in [4.69, 9.17) is 15.6 Å². The van der Waals surface area contributed by atoms with Crippen LogP contribution in [-0.4, -0.2) is 42.8 Å². The molecule has 1 unspecified atom stereocenters. The van der Waals surface area contributed by atoms with Crippen LogP contribution in [-0.2, 0) is 14.3 Å². The molecule has 1 atom stereocenters. The summed E-state index contributed by atoms with van der Waals surface area (Å²) >= 11 is 0. The molecule has 0 aromatic carbocycles. The van der Waals surface area contributed by atoms with E-state index < -0.39 is 17.9 Å². The Morgan fingerprint density at radius 1 is 1.44 bits per heavy atom. The van der Waals surface area contributed by atoms with E-state index in [1.54, 1.807) is 0 Å². The van der Waals surface area contributed by atoms with Crippen LogP contribution in [0.15, 0.2) is 0 Å². The molecule has 0 spiro atoms. The van der Waals surface area contributed by atoms with E-state index in [0.717, 1.165) is 6.42 Å². The summed E-state index contributed by atoms with van der Waals surface area (Å²) in [6.45, 7) is 3.78. The van der Waals surface area contributed by atoms with E-state index in [1.807, 2.05) is 6.92 Å². The zero-order valence-electron chi connectivity index (χ0n) is 9.57. The summed E-state index contributed by atoms with van der Waals surface area (Å²) < 4.78 is 5.21. The van der Waals surface area contributed by atoms with Crippen LogP contribution in [0, 0.1) is 0 Å². The SMILES string of the molecule is CCCOCCCNC(=O)C(N)CC(=O)O. The first kappa shape index (κ1) is 14.9. The summed E-state index contributed by atoms with van der Waals surface area (Å²) in [7, 11) is 0. The van der Waals surface area contributed by atoms with Gasteiger partial charge >= 0.3 is 5.97 Å². The third-order valence-corrected chi connectivity index (χ3v) is 1.84. The molecule has 94 valence electrons. The lowest BCUT2D eigenvalue weighted by Crippen LogP contribution is -2.42. The van der Waals surface area contributed by atoms with Gasteiger partial charge in [-0.25, -0.2) is 0 Å². The predicted octanol–water partition coefficient (Wildman–Crippen LogP) is -0.279. The average Bonchev–Trinajstić information content (AvgIpc) is 2.21. The standard InChI is InChI=1S/C10H20N2O4/c1-2-5-16-6-3-4-12-10(15)8(11)7-9(13)14/h8H,2-7,11H2,1H3,(H,12,15)(H,13,14). The smallest absolute Gasteiger partial charge is 0.305 e. The summed E-state index contributed by atoms with van der Waals surface area (Å²) in [6, 6.07) is -0.978. The third kappa shape index (κ3) is 8.19. The van der Waals surface area contributed by atoms with E-state index in [2.05, 4.69) is 5.32 Å². The van der Waals surface area contributed by atoms with Crippen molar-refractivity contribution in [1.82, 2.24) is 5.32 Å². The fourth-order valence-electron chi connectivity index (χ4n) is 1.04. The summed E-state index contributed by atoms with van der Waals surface area (Å²) in [6.07, 6.45) is 1.32. The number of hydrogen-bond donors (Lipinski definition) is 3. The van der Waals surface area contributed by atoms with E-state index in [0.29, 0.717) is 26.2 Å². The maximum Gasteiger partial charge on any atom is 0.305 e. The fraction of sp³-hybridized carbons (Fsp3) is 0.800. The van der Waals surface area contributed by atoms with Crippen molar-refractivity contribution >= 4 is 11.9 Å². The van der Waals surface area contributed by atoms with Crippen molar-refractivity contribution in [2.24, 2.45) is 5.73 Å². The van der Waals surface area contributed by atoms with Crippen LogP contribution in [0.25, 0.3) is 0 Å². The molecule has 0 aromatic heterocycles. The molecule has 0 saturated heterocycles. The monoisotopic (exact) mass is 232 g/mol. The molecule has 6 heteroatoms. The van der Waals surface area contributed by atoms with Crippen LogP contribution in [0.4, 0.5) is 0 Å². The van der Waals surface area contributed by atoms with Crippen molar-refractivity contribution in [3.05, 3.63) is 0 Å². The molecule has 16 heavy (non-hydrogen) atoms. The first-order valence-corrected chi connectivity index (χ1v) is 5.40. The van der Waals surface area contributed by atoms with Crippen molar-refractivity contribution in [2.45, 2.75) is 32.2 Å². The van der Waals surface area contributed by atoms with E-state index in [-0.39, 0.29) is 6.42 Å². The zero-order valence-corrected chi connectivity index (χ0v) is 9.57. The van der Waals surface area contributed by atoms with Gasteiger partial charge in [0.05, 0.1) is 12.5 Å². The molecular formula is C10H20N2O4. The minimum absolute atomic E-state index is 0.349. The second kappa shape index (κ2) is 9.11. The second-order valence-corrected chi connectivity index (χ2v) is 3.46. The topological polar surface area (TPSA) is 102 Å². The van der Waals surface area contributed by atoms with Gasteiger partial charge in [0.15, 0.2) is 0 Å². The van der Waals surface area contributed by atoms with Gasteiger partial charge in [0.25, 0.3) is 0 Å². The summed E-state index contributed by atoms with van der Waals surface area (Å²) in [5.74, 6) is -1.51. The van der Waals surface area contributed by atoms with Crippen LogP contribution in [0.3, 0.4) is 0 Å². The number of nitrogens with two attached hydrogens (primary N) is 1. The largest absolute Gasteiger partial charge is 0.481 e. The Labute approximate surface area is 95.1 Å². The lowest BCUT2D eigenvalue weighted by atomic mass is 10.2. The Morgan fingerprint density at radius 3 is 2.69 bits per heavy atom. The number of amides is 1. The van der Waals surface area contributed by atoms with Crippen LogP contribution in [0.2, 0.25) is 0 Å². The molecule has 0 saturated carbocycles. The van der Waals surface area contributed by atoms with Crippen molar-refractivity contribution in [1.29, 1.82) is 0 Å². The molecule has 0 rings (SSSR count). The number of carbonyl (C=O) groups is 2. The first-order valence-electron chi connectivity index (χ1n) is 5.40. The molecule has 0 fully saturated rings. The molecule has 1 amide bonds. The van der Waals surface area contributed by atoms with Crippen molar-refractivity contribution < 1.29 is 19.4 Å². The van der Waals surface area contributed by atoms with Gasteiger partial charge in [0, 0.05) is 19.8 Å². The van der Waals surface area contributed by atoms with E-state index in [9.17, 15) is 9.59 Å². The van der Waals surface area contributed by atoms with Crippen molar-refractivity contribution in [2.75, 3.05) is 19.8 Å². The molecule has 0 aliphatic carbocycles. The van der Waals surface area contributed by atoms with Gasteiger partial charge < -0.3 is 20.9 Å². The average molecular weight is 232 g/mol. The van der Waals surface area contributed by atoms with Gasteiger partial charge in [-0.3, -0.25) is 9.59 Å². The Hall–Kier alpha value is -1.14. The Kier molecular flexibility index (Phi) is 8.46. The molecule has 0 radical (unpaired) electrons. The lowest BCUT2D eigenvalue weighted by Gasteiger charge is -2.10. The molecule has 6 nitrogen and oxygen atoms in total. The maximum absolute atomic E-state index is 11.2. The second-order valence-electron chi connectivity index (χ2n) is 3.46. The number of rotatable bonds is 9. The fourth-order valence-corrected chi connectivity index (χ4v) is 1.04. The summed E-state index contributed by atoms with van der Waals surface area (Å²) in [4.78, 5) is 21.5. The molecular weight excluding hydrogens is 212 g/mol. The van der Waals surface area contributed by atoms with Crippen LogP contribution < -0.4 is 11.1 Å². The number of ether oxygens (including phenoxy) is 1. The Balaban J connectivity index is 3.46. The highest BCUT2D eigenvalue weighted by Crippen LogP contribution is 1.89. The minimum atomic E-state index is -1.08. The number of carbonyl (C=O) groups excluding carboxylic acids is 1. The van der Waals surface area contributed by atoms with Crippen LogP contribution >= 0.6 is 0 Å². The molecule has 4 N–H and O–H groups in total. The zero-order chi connectivity index (χ0) is 12.4. The molecule has 0 aliphatic heterocycles. The highest BCUT2D eigenvalue weighted by molar-refractivity contribution is 5.85. The van der Waals surface area contributed by atoms with Gasteiger partial charge in [-0.15, -0.1) is 0 Å². The van der Waals surface area contributed by atoms with Gasteiger partial charge in [0.2, 0.25) is 5.91 Å². The van der Waals surface area contributed by atoms with E-state index in [1.165, 1.54) is 0 Å². The molecule has 0 heterocycles. The summed E-state index contributed by atoms with van der Waals surface area (Å²) in [5.41, 5.74) is 5.36. The summed E-state index contributed by atoms with van der Waals surface area (Å²) in [5, 5.41) is 11.0. The number of aliphatic carboxylic acids is 1. The number of carboxylic acid groups (broad SMARTS) is 1. The van der Waals surface area contributed by atoms with Gasteiger partial charge in [-0.05, 0) is 12.8 Å². The highest BCUT2D eigenvalue weighted by atomic mass is 16.5. The number of nitrogens with one attached hydrogen (secondary N) is 1. The highest BCUT2D eigenvalue weighted by Gasteiger charge is 2.15.